The summed E-state index contributed by atoms with van der Waals surface area (Å²) in [4.78, 5) is 11.4. The van der Waals surface area contributed by atoms with Gasteiger partial charge in [-0.2, -0.15) is 0 Å². The Morgan fingerprint density at radius 2 is 2.23 bits per heavy atom. The van der Waals surface area contributed by atoms with E-state index in [0.29, 0.717) is 5.92 Å². The molecule has 0 radical (unpaired) electrons. The van der Waals surface area contributed by atoms with Gasteiger partial charge in [0.05, 0.1) is 5.69 Å². The highest BCUT2D eigenvalue weighted by Gasteiger charge is 2.28. The van der Waals surface area contributed by atoms with Crippen LogP contribution < -0.4 is 10.2 Å². The van der Waals surface area contributed by atoms with Crippen LogP contribution in [-0.2, 0) is 13.0 Å². The zero-order valence-electron chi connectivity index (χ0n) is 12.4. The van der Waals surface area contributed by atoms with Gasteiger partial charge in [-0.1, -0.05) is 23.7 Å². The molecule has 1 N–H and O–H groups in total. The van der Waals surface area contributed by atoms with Gasteiger partial charge in [-0.15, -0.1) is 0 Å². The minimum Gasteiger partial charge on any atom is -0.356 e. The summed E-state index contributed by atoms with van der Waals surface area (Å²) in [6.07, 6.45) is 3.87. The van der Waals surface area contributed by atoms with E-state index in [9.17, 15) is 0 Å². The van der Waals surface area contributed by atoms with Crippen LogP contribution in [0, 0.1) is 0 Å². The first-order valence-corrected chi connectivity index (χ1v) is 8.23. The van der Waals surface area contributed by atoms with E-state index in [0.717, 1.165) is 55.6 Å². The van der Waals surface area contributed by atoms with Crippen molar-refractivity contribution in [3.8, 4) is 0 Å². The van der Waals surface area contributed by atoms with E-state index in [2.05, 4.69) is 32.3 Å². The lowest BCUT2D eigenvalue weighted by molar-refractivity contribution is 0.620. The normalized spacial score (nSPS) is 21.0. The van der Waals surface area contributed by atoms with Gasteiger partial charge in [0, 0.05) is 36.1 Å². The summed E-state index contributed by atoms with van der Waals surface area (Å²) in [6.45, 7) is 3.93. The van der Waals surface area contributed by atoms with Crippen molar-refractivity contribution >= 4 is 17.4 Å². The number of anilines is 1. The Hall–Kier alpha value is -1.65. The highest BCUT2D eigenvalue weighted by molar-refractivity contribution is 6.30. The molecule has 1 saturated heterocycles. The van der Waals surface area contributed by atoms with Crippen LogP contribution >= 0.6 is 11.6 Å². The summed E-state index contributed by atoms with van der Waals surface area (Å²) in [5, 5.41) is 4.20. The Morgan fingerprint density at radius 3 is 3.14 bits per heavy atom. The van der Waals surface area contributed by atoms with Gasteiger partial charge in [-0.05, 0) is 37.1 Å². The Morgan fingerprint density at radius 1 is 1.27 bits per heavy atom. The van der Waals surface area contributed by atoms with Crippen molar-refractivity contribution in [1.29, 1.82) is 0 Å². The molecule has 0 saturated carbocycles. The standard InChI is InChI=1S/C17H19ClN4/c18-14-3-1-2-12(8-14)13-5-7-22(10-13)17-15-4-6-19-9-16(15)20-11-21-17/h1-3,8,11,13,19H,4-7,9-10H2/t13-/m0/s1. The quantitative estimate of drug-likeness (QED) is 0.925. The summed E-state index contributed by atoms with van der Waals surface area (Å²) in [7, 11) is 0. The number of fused-ring (bicyclic) bond motifs is 1. The molecule has 4 rings (SSSR count). The minimum atomic E-state index is 0.533. The molecule has 5 heteroatoms. The maximum absolute atomic E-state index is 6.13. The third-order valence-corrected chi connectivity index (χ3v) is 4.90. The van der Waals surface area contributed by atoms with Crippen LogP contribution in [0.5, 0.6) is 0 Å². The molecule has 1 aromatic carbocycles. The summed E-state index contributed by atoms with van der Waals surface area (Å²) in [5.74, 6) is 1.67. The second-order valence-electron chi connectivity index (χ2n) is 6.04. The van der Waals surface area contributed by atoms with Crippen molar-refractivity contribution in [1.82, 2.24) is 15.3 Å². The Bertz CT molecular complexity index is 688. The van der Waals surface area contributed by atoms with Gasteiger partial charge in [0.1, 0.15) is 12.1 Å². The number of nitrogens with zero attached hydrogens (tertiary/aromatic N) is 3. The molecular weight excluding hydrogens is 296 g/mol. The number of benzene rings is 1. The molecule has 2 aromatic rings. The SMILES string of the molecule is Clc1cccc([C@H]2CCN(c3ncnc4c3CCNC4)C2)c1. The number of rotatable bonds is 2. The van der Waals surface area contributed by atoms with Gasteiger partial charge >= 0.3 is 0 Å². The molecule has 0 bridgehead atoms. The maximum atomic E-state index is 6.13. The van der Waals surface area contributed by atoms with Crippen LogP contribution in [0.25, 0.3) is 0 Å². The van der Waals surface area contributed by atoms with E-state index < -0.39 is 0 Å². The van der Waals surface area contributed by atoms with Crippen LogP contribution in [0.4, 0.5) is 5.82 Å². The van der Waals surface area contributed by atoms with Crippen molar-refractivity contribution in [3.63, 3.8) is 0 Å². The van der Waals surface area contributed by atoms with Gasteiger partial charge in [0.15, 0.2) is 0 Å². The minimum absolute atomic E-state index is 0.533. The van der Waals surface area contributed by atoms with Crippen LogP contribution in [0.2, 0.25) is 5.02 Å². The summed E-state index contributed by atoms with van der Waals surface area (Å²) >= 11 is 6.13. The molecule has 4 nitrogen and oxygen atoms in total. The van der Waals surface area contributed by atoms with Gasteiger partial charge in [0.2, 0.25) is 0 Å². The third-order valence-electron chi connectivity index (χ3n) is 4.66. The van der Waals surface area contributed by atoms with E-state index in [1.807, 2.05) is 12.1 Å². The van der Waals surface area contributed by atoms with Gasteiger partial charge < -0.3 is 10.2 Å². The molecule has 0 amide bonds. The predicted molar refractivity (Wildman–Crippen MR) is 88.5 cm³/mol. The first-order chi connectivity index (χ1) is 10.8. The number of aromatic nitrogens is 2. The average molecular weight is 315 g/mol. The molecule has 1 fully saturated rings. The molecule has 1 aromatic heterocycles. The molecule has 0 spiro atoms. The highest BCUT2D eigenvalue weighted by Crippen LogP contribution is 2.33. The molecule has 114 valence electrons. The largest absolute Gasteiger partial charge is 0.356 e. The van der Waals surface area contributed by atoms with Crippen LogP contribution in [0.1, 0.15) is 29.2 Å². The third kappa shape index (κ3) is 2.57. The van der Waals surface area contributed by atoms with Crippen molar-refractivity contribution in [3.05, 3.63) is 52.4 Å². The first kappa shape index (κ1) is 14.0. The zero-order chi connectivity index (χ0) is 14.9. The fraction of sp³-hybridized carbons (Fsp3) is 0.412. The first-order valence-electron chi connectivity index (χ1n) is 7.85. The maximum Gasteiger partial charge on any atom is 0.135 e. The number of nitrogens with one attached hydrogen (secondary N) is 1. The Kier molecular flexibility index (Phi) is 3.72. The van der Waals surface area contributed by atoms with E-state index in [1.54, 1.807) is 6.33 Å². The monoisotopic (exact) mass is 314 g/mol. The smallest absolute Gasteiger partial charge is 0.135 e. The lowest BCUT2D eigenvalue weighted by Crippen LogP contribution is -2.29. The van der Waals surface area contributed by atoms with Gasteiger partial charge in [0.25, 0.3) is 0 Å². The van der Waals surface area contributed by atoms with Gasteiger partial charge in [-0.25, -0.2) is 9.97 Å². The predicted octanol–water partition coefficient (Wildman–Crippen LogP) is 2.77. The fourth-order valence-electron chi connectivity index (χ4n) is 3.52. The van der Waals surface area contributed by atoms with Crippen LogP contribution in [0.3, 0.4) is 0 Å². The molecule has 3 heterocycles. The Labute approximate surface area is 135 Å². The van der Waals surface area contributed by atoms with Crippen LogP contribution in [0.15, 0.2) is 30.6 Å². The zero-order valence-corrected chi connectivity index (χ0v) is 13.2. The summed E-state index contributed by atoms with van der Waals surface area (Å²) in [6, 6.07) is 8.25. The number of halogens is 1. The second kappa shape index (κ2) is 5.86. The molecule has 0 unspecified atom stereocenters. The van der Waals surface area contributed by atoms with E-state index in [-0.39, 0.29) is 0 Å². The molecule has 2 aliphatic rings. The molecule has 1 atom stereocenters. The average Bonchev–Trinajstić information content (AvgIpc) is 3.04. The van der Waals surface area contributed by atoms with E-state index in [4.69, 9.17) is 11.6 Å². The lowest BCUT2D eigenvalue weighted by atomic mass is 9.99. The van der Waals surface area contributed by atoms with E-state index in [1.165, 1.54) is 11.1 Å². The van der Waals surface area contributed by atoms with E-state index >= 15 is 0 Å². The van der Waals surface area contributed by atoms with Crippen molar-refractivity contribution in [2.75, 3.05) is 24.5 Å². The second-order valence-corrected chi connectivity index (χ2v) is 6.47. The van der Waals surface area contributed by atoms with Crippen LogP contribution in [-0.4, -0.2) is 29.6 Å². The molecule has 0 aliphatic carbocycles. The molecular formula is C17H19ClN4. The highest BCUT2D eigenvalue weighted by atomic mass is 35.5. The van der Waals surface area contributed by atoms with Crippen molar-refractivity contribution in [2.45, 2.75) is 25.3 Å². The number of hydrogen-bond acceptors (Lipinski definition) is 4. The Balaban J connectivity index is 1.58. The van der Waals surface area contributed by atoms with Crippen molar-refractivity contribution in [2.24, 2.45) is 0 Å². The fourth-order valence-corrected chi connectivity index (χ4v) is 3.72. The molecule has 2 aliphatic heterocycles. The number of hydrogen-bond donors (Lipinski definition) is 1. The van der Waals surface area contributed by atoms with Crippen molar-refractivity contribution < 1.29 is 0 Å². The van der Waals surface area contributed by atoms with Gasteiger partial charge in [-0.3, -0.25) is 0 Å². The summed E-state index contributed by atoms with van der Waals surface area (Å²) < 4.78 is 0. The summed E-state index contributed by atoms with van der Waals surface area (Å²) in [5.41, 5.74) is 3.81. The topological polar surface area (TPSA) is 41.1 Å². The molecule has 22 heavy (non-hydrogen) atoms. The lowest BCUT2D eigenvalue weighted by Gasteiger charge is -2.24.